The molecule has 0 fully saturated rings. The molecule has 0 aliphatic rings. The van der Waals surface area contributed by atoms with Crippen LogP contribution < -0.4 is 4.74 Å². The Morgan fingerprint density at radius 1 is 1.17 bits per heavy atom. The predicted octanol–water partition coefficient (Wildman–Crippen LogP) is 3.67. The van der Waals surface area contributed by atoms with E-state index >= 15 is 0 Å². The molecule has 0 radical (unpaired) electrons. The van der Waals surface area contributed by atoms with Gasteiger partial charge in [-0.05, 0) is 48.2 Å². The zero-order valence-corrected chi connectivity index (χ0v) is 13.7. The molecule has 0 aliphatic carbocycles. The van der Waals surface area contributed by atoms with Gasteiger partial charge < -0.3 is 4.74 Å². The zero-order chi connectivity index (χ0) is 17.0. The lowest BCUT2D eigenvalue weighted by atomic mass is 9.99. The summed E-state index contributed by atoms with van der Waals surface area (Å²) >= 11 is 0. The van der Waals surface area contributed by atoms with Crippen LogP contribution in [0.15, 0.2) is 53.4 Å². The second kappa shape index (κ2) is 6.93. The minimum atomic E-state index is -4.36. The van der Waals surface area contributed by atoms with Crippen molar-refractivity contribution >= 4 is 16.1 Å². The fourth-order valence-corrected chi connectivity index (χ4v) is 2.58. The molecule has 6 heteroatoms. The summed E-state index contributed by atoms with van der Waals surface area (Å²) in [6.07, 6.45) is 1.02. The molecule has 2 aromatic carbocycles. The summed E-state index contributed by atoms with van der Waals surface area (Å²) in [6.45, 7) is 4.21. The molecule has 122 valence electrons. The Hall–Kier alpha value is -2.18. The van der Waals surface area contributed by atoms with Crippen LogP contribution >= 0.6 is 0 Å². The van der Waals surface area contributed by atoms with Gasteiger partial charge >= 0.3 is 5.97 Å². The number of carbonyl (C=O) groups excluding carboxylic acids is 1. The Morgan fingerprint density at radius 3 is 2.39 bits per heavy atom. The van der Waals surface area contributed by atoms with Crippen molar-refractivity contribution in [3.63, 3.8) is 0 Å². The van der Waals surface area contributed by atoms with Crippen LogP contribution in [0.3, 0.4) is 0 Å². The third-order valence-electron chi connectivity index (χ3n) is 3.64. The number of rotatable bonds is 5. The first-order chi connectivity index (χ1) is 10.8. The van der Waals surface area contributed by atoms with Crippen LogP contribution in [0.2, 0.25) is 0 Å². The lowest BCUT2D eigenvalue weighted by Crippen LogP contribution is -2.10. The average Bonchev–Trinajstić information content (AvgIpc) is 2.54. The van der Waals surface area contributed by atoms with Crippen LogP contribution in [-0.2, 0) is 10.1 Å². The Balaban J connectivity index is 2.16. The number of hydrogen-bond acceptors (Lipinski definition) is 4. The molecular weight excluding hydrogens is 316 g/mol. The minimum Gasteiger partial charge on any atom is -0.423 e. The Bertz CT molecular complexity index is 794. The summed E-state index contributed by atoms with van der Waals surface area (Å²) in [7, 11) is -4.36. The topological polar surface area (TPSA) is 80.7 Å². The van der Waals surface area contributed by atoms with Crippen LogP contribution in [0.1, 0.15) is 42.1 Å². The highest BCUT2D eigenvalue weighted by Crippen LogP contribution is 2.22. The van der Waals surface area contributed by atoms with Gasteiger partial charge in [-0.1, -0.05) is 32.0 Å². The molecule has 0 saturated heterocycles. The summed E-state index contributed by atoms with van der Waals surface area (Å²) in [5.74, 6) is 0.109. The second-order valence-electron chi connectivity index (χ2n) is 5.27. The van der Waals surface area contributed by atoms with Crippen molar-refractivity contribution in [2.75, 3.05) is 0 Å². The van der Waals surface area contributed by atoms with E-state index in [0.717, 1.165) is 18.1 Å². The van der Waals surface area contributed by atoms with E-state index in [-0.39, 0.29) is 10.5 Å². The molecule has 0 amide bonds. The van der Waals surface area contributed by atoms with E-state index in [2.05, 4.69) is 13.8 Å². The molecule has 1 unspecified atom stereocenters. The van der Waals surface area contributed by atoms with E-state index in [1.165, 1.54) is 18.2 Å². The molecule has 0 saturated carbocycles. The van der Waals surface area contributed by atoms with Gasteiger partial charge in [0.2, 0.25) is 0 Å². The Morgan fingerprint density at radius 2 is 1.83 bits per heavy atom. The van der Waals surface area contributed by atoms with Crippen molar-refractivity contribution in [1.29, 1.82) is 0 Å². The highest BCUT2D eigenvalue weighted by atomic mass is 32.2. The van der Waals surface area contributed by atoms with Gasteiger partial charge in [0.15, 0.2) is 0 Å². The van der Waals surface area contributed by atoms with Gasteiger partial charge in [0.25, 0.3) is 10.1 Å². The largest absolute Gasteiger partial charge is 0.423 e. The first-order valence-corrected chi connectivity index (χ1v) is 8.65. The fraction of sp³-hybridized carbons (Fsp3) is 0.235. The van der Waals surface area contributed by atoms with Crippen molar-refractivity contribution < 1.29 is 22.5 Å². The maximum Gasteiger partial charge on any atom is 0.343 e. The third kappa shape index (κ3) is 4.40. The molecule has 23 heavy (non-hydrogen) atoms. The van der Waals surface area contributed by atoms with Gasteiger partial charge in [-0.2, -0.15) is 8.42 Å². The van der Waals surface area contributed by atoms with E-state index in [4.69, 9.17) is 9.29 Å². The summed E-state index contributed by atoms with van der Waals surface area (Å²) in [6, 6.07) is 12.3. The number of ether oxygens (including phenoxy) is 1. The van der Waals surface area contributed by atoms with Gasteiger partial charge in [0.1, 0.15) is 5.75 Å². The quantitative estimate of drug-likeness (QED) is 0.513. The molecule has 0 heterocycles. The smallest absolute Gasteiger partial charge is 0.343 e. The van der Waals surface area contributed by atoms with Crippen LogP contribution in [0.5, 0.6) is 5.75 Å². The Labute approximate surface area is 135 Å². The predicted molar refractivity (Wildman–Crippen MR) is 86.4 cm³/mol. The number of benzene rings is 2. The van der Waals surface area contributed by atoms with Crippen molar-refractivity contribution in [3.05, 3.63) is 59.7 Å². The summed E-state index contributed by atoms with van der Waals surface area (Å²) < 4.78 is 36.4. The van der Waals surface area contributed by atoms with Crippen LogP contribution in [0.25, 0.3) is 0 Å². The molecule has 1 N–H and O–H groups in total. The van der Waals surface area contributed by atoms with E-state index in [0.29, 0.717) is 11.7 Å². The highest BCUT2D eigenvalue weighted by molar-refractivity contribution is 7.85. The second-order valence-corrected chi connectivity index (χ2v) is 6.69. The Kier molecular flexibility index (Phi) is 5.18. The summed E-state index contributed by atoms with van der Waals surface area (Å²) in [4.78, 5) is 11.7. The van der Waals surface area contributed by atoms with Crippen LogP contribution in [-0.4, -0.2) is 18.9 Å². The molecule has 5 nitrogen and oxygen atoms in total. The average molecular weight is 334 g/mol. The summed E-state index contributed by atoms with van der Waals surface area (Å²) in [5.41, 5.74) is 1.20. The molecule has 1 atom stereocenters. The maximum absolute atomic E-state index is 12.1. The first kappa shape index (κ1) is 17.2. The van der Waals surface area contributed by atoms with Crippen LogP contribution in [0, 0.1) is 0 Å². The SMILES string of the molecule is CCC(C)c1ccc(OC(=O)c2cccc(S(=O)(=O)O)c2)cc1. The van der Waals surface area contributed by atoms with E-state index in [1.54, 1.807) is 12.1 Å². The number of hydrogen-bond donors (Lipinski definition) is 1. The molecule has 0 aliphatic heterocycles. The molecule has 0 spiro atoms. The zero-order valence-electron chi connectivity index (χ0n) is 12.9. The van der Waals surface area contributed by atoms with E-state index in [1.807, 2.05) is 12.1 Å². The monoisotopic (exact) mass is 334 g/mol. The fourth-order valence-electron chi connectivity index (χ4n) is 2.05. The van der Waals surface area contributed by atoms with Gasteiger partial charge in [-0.25, -0.2) is 4.79 Å². The third-order valence-corrected chi connectivity index (χ3v) is 4.49. The molecule has 0 bridgehead atoms. The van der Waals surface area contributed by atoms with Gasteiger partial charge in [0, 0.05) is 0 Å². The van der Waals surface area contributed by atoms with Gasteiger partial charge in [-0.3, -0.25) is 4.55 Å². The highest BCUT2D eigenvalue weighted by Gasteiger charge is 2.14. The maximum atomic E-state index is 12.1. The molecular formula is C17H18O5S. The van der Waals surface area contributed by atoms with Crippen LogP contribution in [0.4, 0.5) is 0 Å². The molecule has 0 aromatic heterocycles. The van der Waals surface area contributed by atoms with E-state index in [9.17, 15) is 13.2 Å². The number of esters is 1. The number of carbonyl (C=O) groups is 1. The van der Waals surface area contributed by atoms with Gasteiger partial charge in [-0.15, -0.1) is 0 Å². The van der Waals surface area contributed by atoms with Gasteiger partial charge in [0.05, 0.1) is 10.5 Å². The summed E-state index contributed by atoms with van der Waals surface area (Å²) in [5, 5.41) is 0. The van der Waals surface area contributed by atoms with Crippen molar-refractivity contribution in [1.82, 2.24) is 0 Å². The minimum absolute atomic E-state index is 0.0473. The van der Waals surface area contributed by atoms with Crippen molar-refractivity contribution in [3.8, 4) is 5.75 Å². The van der Waals surface area contributed by atoms with Crippen molar-refractivity contribution in [2.24, 2.45) is 0 Å². The lowest BCUT2D eigenvalue weighted by Gasteiger charge is -2.10. The van der Waals surface area contributed by atoms with E-state index < -0.39 is 16.1 Å². The first-order valence-electron chi connectivity index (χ1n) is 7.21. The molecule has 2 rings (SSSR count). The lowest BCUT2D eigenvalue weighted by molar-refractivity contribution is 0.0734. The normalized spacial score (nSPS) is 12.7. The molecule has 2 aromatic rings. The standard InChI is InChI=1S/C17H18O5S/c1-3-12(2)13-7-9-15(10-8-13)22-17(18)14-5-4-6-16(11-14)23(19,20)21/h4-12H,3H2,1-2H3,(H,19,20,21). The van der Waals surface area contributed by atoms with Crippen molar-refractivity contribution in [2.45, 2.75) is 31.1 Å².